The molecule has 0 saturated heterocycles. The monoisotopic (exact) mass is 1370 g/mol. The zero-order valence-corrected chi connectivity index (χ0v) is 60.9. The van der Waals surface area contributed by atoms with Gasteiger partial charge in [0.1, 0.15) is 19.3 Å². The fourth-order valence-corrected chi connectivity index (χ4v) is 11.3. The van der Waals surface area contributed by atoms with E-state index < -0.39 is 97.5 Å². The molecule has 0 rings (SSSR count). The number of ether oxygens (including phenoxy) is 4. The fourth-order valence-electron chi connectivity index (χ4n) is 9.70. The van der Waals surface area contributed by atoms with E-state index in [1.54, 1.807) is 0 Å². The van der Waals surface area contributed by atoms with E-state index in [9.17, 15) is 43.2 Å². The van der Waals surface area contributed by atoms with E-state index in [1.165, 1.54) is 51.4 Å². The topological polar surface area (TPSA) is 237 Å². The summed E-state index contributed by atoms with van der Waals surface area (Å²) in [5.41, 5.74) is 0. The molecule has 17 nitrogen and oxygen atoms in total. The van der Waals surface area contributed by atoms with Crippen molar-refractivity contribution in [3.63, 3.8) is 0 Å². The van der Waals surface area contributed by atoms with Gasteiger partial charge in [0.25, 0.3) is 0 Å². The molecule has 544 valence electrons. The van der Waals surface area contributed by atoms with Gasteiger partial charge in [0.15, 0.2) is 12.2 Å². The van der Waals surface area contributed by atoms with E-state index in [2.05, 4.69) is 113 Å². The lowest BCUT2D eigenvalue weighted by Gasteiger charge is -2.21. The lowest BCUT2D eigenvalue weighted by Crippen LogP contribution is -2.30. The first-order valence-corrected chi connectivity index (χ1v) is 39.8. The lowest BCUT2D eigenvalue weighted by molar-refractivity contribution is -0.161. The van der Waals surface area contributed by atoms with Gasteiger partial charge in [-0.15, -0.1) is 0 Å². The molecule has 0 radical (unpaired) electrons. The molecule has 0 amide bonds. The highest BCUT2D eigenvalue weighted by Gasteiger charge is 2.30. The van der Waals surface area contributed by atoms with Crippen LogP contribution in [0.2, 0.25) is 0 Å². The largest absolute Gasteiger partial charge is 0.472 e. The van der Waals surface area contributed by atoms with Gasteiger partial charge in [-0.2, -0.15) is 0 Å². The Labute approximate surface area is 570 Å². The third kappa shape index (κ3) is 66.8. The summed E-state index contributed by atoms with van der Waals surface area (Å²) >= 11 is 0. The standard InChI is InChI=1S/C75H132O17P2/c1-5-9-13-17-21-25-29-31-32-33-34-35-36-38-42-44-48-52-56-60-73(78)86-66-71(92-75(80)62-58-54-50-46-40-28-24-20-16-12-8-4)68-90-94(83,84)88-64-69(76)63-87-93(81,82)89-67-70(91-74(79)61-57-53-49-45-39-27-23-19-15-11-7-3)65-85-72(77)59-55-51-47-43-41-37-30-26-22-18-14-10-6-2/h9,13-14,18-19,21,23,25-26,30-32,34-35,69-71,76H,5-8,10-12,15-17,20,22,24,27-29,33,36-68H2,1-4H3,(H,81,82)(H,83,84)/b13-9-,18-14-,23-19-,25-21-,30-26-,32-31-,35-34-. The zero-order chi connectivity index (χ0) is 69.0. The molecule has 0 aromatic carbocycles. The van der Waals surface area contributed by atoms with Crippen LogP contribution in [0.15, 0.2) is 85.1 Å². The fraction of sp³-hybridized carbons (Fsp3) is 0.760. The van der Waals surface area contributed by atoms with Crippen LogP contribution in [0.5, 0.6) is 0 Å². The minimum atomic E-state index is -4.97. The van der Waals surface area contributed by atoms with Crippen molar-refractivity contribution in [3.8, 4) is 0 Å². The summed E-state index contributed by atoms with van der Waals surface area (Å²) in [6.45, 7) is 4.62. The first kappa shape index (κ1) is 90.2. The number of rotatable bonds is 69. The molecule has 5 atom stereocenters. The third-order valence-corrected chi connectivity index (χ3v) is 17.2. The summed E-state index contributed by atoms with van der Waals surface area (Å²) < 4.78 is 68.3. The quantitative estimate of drug-likeness (QED) is 0.0169. The first-order chi connectivity index (χ1) is 45.7. The number of aliphatic hydroxyl groups is 1. The van der Waals surface area contributed by atoms with E-state index in [0.29, 0.717) is 25.7 Å². The molecule has 0 aliphatic rings. The van der Waals surface area contributed by atoms with Crippen molar-refractivity contribution >= 4 is 39.5 Å². The van der Waals surface area contributed by atoms with Gasteiger partial charge in [0, 0.05) is 25.7 Å². The molecule has 19 heteroatoms. The van der Waals surface area contributed by atoms with Crippen molar-refractivity contribution in [1.82, 2.24) is 0 Å². The average Bonchev–Trinajstić information content (AvgIpc) is 1.24. The van der Waals surface area contributed by atoms with Gasteiger partial charge in [0.2, 0.25) is 0 Å². The molecule has 0 heterocycles. The summed E-state index contributed by atoms with van der Waals surface area (Å²) in [7, 11) is -9.94. The maximum absolute atomic E-state index is 13.0. The molecule has 94 heavy (non-hydrogen) atoms. The Bertz CT molecular complexity index is 2120. The van der Waals surface area contributed by atoms with Gasteiger partial charge < -0.3 is 33.8 Å². The number of unbranched alkanes of at least 4 members (excludes halogenated alkanes) is 29. The van der Waals surface area contributed by atoms with Crippen molar-refractivity contribution in [1.29, 1.82) is 0 Å². The SMILES string of the molecule is CC/C=C\C/C=C\C/C=C\C/C=C\CCCCCCCCC(=O)OCC(COP(=O)(O)OCC(O)COP(=O)(O)OCC(COC(=O)CCCCCCC/C=C\C/C=C\CCC)OC(=O)CCCCCCC/C=C\CCCC)OC(=O)CCCCCCCCCCCCC. The Kier molecular flexibility index (Phi) is 65.1. The van der Waals surface area contributed by atoms with Crippen LogP contribution >= 0.6 is 15.6 Å². The van der Waals surface area contributed by atoms with Crippen LogP contribution in [0.1, 0.15) is 310 Å². The Morgan fingerprint density at radius 3 is 0.936 bits per heavy atom. The molecular formula is C75H132O17P2. The molecule has 0 aliphatic carbocycles. The van der Waals surface area contributed by atoms with E-state index in [-0.39, 0.29) is 25.7 Å². The molecule has 3 N–H and O–H groups in total. The van der Waals surface area contributed by atoms with Gasteiger partial charge in [-0.3, -0.25) is 37.3 Å². The van der Waals surface area contributed by atoms with E-state index in [4.69, 9.17) is 37.0 Å². The molecule has 0 aromatic heterocycles. The van der Waals surface area contributed by atoms with Crippen molar-refractivity contribution in [2.24, 2.45) is 0 Å². The molecule has 5 unspecified atom stereocenters. The smallest absolute Gasteiger partial charge is 0.462 e. The number of carbonyl (C=O) groups excluding carboxylic acids is 4. The minimum absolute atomic E-state index is 0.0830. The van der Waals surface area contributed by atoms with Crippen molar-refractivity contribution in [3.05, 3.63) is 85.1 Å². The summed E-state index contributed by atoms with van der Waals surface area (Å²) in [5.74, 6) is -2.20. The molecule has 0 fully saturated rings. The third-order valence-electron chi connectivity index (χ3n) is 15.3. The molecule has 0 spiro atoms. The van der Waals surface area contributed by atoms with Crippen LogP contribution in [0, 0.1) is 0 Å². The lowest BCUT2D eigenvalue weighted by atomic mass is 10.1. The number of carbonyl (C=O) groups is 4. The molecule has 0 bridgehead atoms. The maximum atomic E-state index is 13.0. The predicted molar refractivity (Wildman–Crippen MR) is 381 cm³/mol. The van der Waals surface area contributed by atoms with Crippen LogP contribution in [-0.4, -0.2) is 96.7 Å². The van der Waals surface area contributed by atoms with Crippen molar-refractivity contribution < 1.29 is 80.2 Å². The van der Waals surface area contributed by atoms with Crippen molar-refractivity contribution in [2.45, 2.75) is 329 Å². The number of aliphatic hydroxyl groups excluding tert-OH is 1. The Hall–Kier alpha value is -3.76. The van der Waals surface area contributed by atoms with Crippen molar-refractivity contribution in [2.75, 3.05) is 39.6 Å². The second kappa shape index (κ2) is 67.8. The maximum Gasteiger partial charge on any atom is 0.472 e. The number of hydrogen-bond acceptors (Lipinski definition) is 15. The second-order valence-electron chi connectivity index (χ2n) is 24.5. The van der Waals surface area contributed by atoms with Gasteiger partial charge in [-0.25, -0.2) is 9.13 Å². The summed E-state index contributed by atoms with van der Waals surface area (Å²) in [4.78, 5) is 72.6. The molecule has 0 aliphatic heterocycles. The van der Waals surface area contributed by atoms with E-state index in [1.807, 2.05) is 0 Å². The zero-order valence-electron chi connectivity index (χ0n) is 59.1. The number of phosphoric ester groups is 2. The van der Waals surface area contributed by atoms with E-state index in [0.717, 1.165) is 180 Å². The molecular weight excluding hydrogens is 1230 g/mol. The molecule has 0 saturated carbocycles. The van der Waals surface area contributed by atoms with Crippen LogP contribution in [-0.2, 0) is 65.4 Å². The highest BCUT2D eigenvalue weighted by molar-refractivity contribution is 7.47. The normalized spacial score (nSPS) is 14.5. The first-order valence-electron chi connectivity index (χ1n) is 36.8. The number of hydrogen-bond donors (Lipinski definition) is 3. The second-order valence-corrected chi connectivity index (χ2v) is 27.4. The highest BCUT2D eigenvalue weighted by Crippen LogP contribution is 2.45. The van der Waals surface area contributed by atoms with Crippen LogP contribution in [0.4, 0.5) is 0 Å². The van der Waals surface area contributed by atoms with Gasteiger partial charge in [-0.1, -0.05) is 260 Å². The summed E-state index contributed by atoms with van der Waals surface area (Å²) in [6.07, 6.45) is 67.3. The van der Waals surface area contributed by atoms with Gasteiger partial charge in [-0.05, 0) is 109 Å². The average molecular weight is 1370 g/mol. The Morgan fingerprint density at radius 1 is 0.309 bits per heavy atom. The Morgan fingerprint density at radius 2 is 0.585 bits per heavy atom. The highest BCUT2D eigenvalue weighted by atomic mass is 31.2. The van der Waals surface area contributed by atoms with Crippen LogP contribution < -0.4 is 0 Å². The minimum Gasteiger partial charge on any atom is -0.462 e. The van der Waals surface area contributed by atoms with Gasteiger partial charge in [0.05, 0.1) is 26.4 Å². The Balaban J connectivity index is 5.28. The number of allylic oxidation sites excluding steroid dienone is 14. The number of phosphoric acid groups is 2. The predicted octanol–water partition coefficient (Wildman–Crippen LogP) is 20.7. The number of esters is 4. The summed E-state index contributed by atoms with van der Waals surface area (Å²) in [5, 5.41) is 10.6. The molecule has 0 aromatic rings. The van der Waals surface area contributed by atoms with Gasteiger partial charge >= 0.3 is 39.5 Å². The van der Waals surface area contributed by atoms with Crippen LogP contribution in [0.25, 0.3) is 0 Å². The van der Waals surface area contributed by atoms with Crippen LogP contribution in [0.3, 0.4) is 0 Å². The van der Waals surface area contributed by atoms with E-state index >= 15 is 0 Å². The summed E-state index contributed by atoms with van der Waals surface area (Å²) in [6, 6.07) is 0.